The van der Waals surface area contributed by atoms with E-state index in [0.29, 0.717) is 6.61 Å². The zero-order valence-electron chi connectivity index (χ0n) is 16.8. The minimum absolute atomic E-state index is 0.321. The minimum Gasteiger partial charge on any atom is -0.415 e. The third-order valence-electron chi connectivity index (χ3n) is 3.37. The maximum atomic E-state index is 10.3. The van der Waals surface area contributed by atoms with Crippen molar-refractivity contribution in [2.75, 3.05) is 6.61 Å². The first kappa shape index (κ1) is 22.5. The van der Waals surface area contributed by atoms with Gasteiger partial charge in [-0.05, 0) is 58.9 Å². The molecule has 0 aromatic carbocycles. The molecular weight excluding hydrogens is 358 g/mol. The van der Waals surface area contributed by atoms with E-state index in [1.54, 1.807) is 0 Å². The lowest BCUT2D eigenvalue weighted by molar-refractivity contribution is -0.240. The van der Waals surface area contributed by atoms with Crippen molar-refractivity contribution in [2.24, 2.45) is 5.73 Å². The van der Waals surface area contributed by atoms with E-state index in [1.165, 1.54) is 0 Å². The molecule has 3 N–H and O–H groups in total. The molecule has 0 amide bonds. The van der Waals surface area contributed by atoms with Gasteiger partial charge in [-0.25, -0.2) is 0 Å². The van der Waals surface area contributed by atoms with Crippen LogP contribution in [0.1, 0.15) is 0 Å². The Morgan fingerprint density at radius 2 is 1.29 bits per heavy atom. The molecule has 144 valence electrons. The van der Waals surface area contributed by atoms with E-state index in [9.17, 15) is 5.11 Å². The van der Waals surface area contributed by atoms with Crippen LogP contribution in [0.5, 0.6) is 0 Å². The number of aliphatic hydroxyl groups excluding tert-OH is 1. The van der Waals surface area contributed by atoms with Crippen LogP contribution in [0.4, 0.5) is 0 Å². The Kier molecular flexibility index (Phi) is 7.46. The topological polar surface area (TPSA) is 83.2 Å². The molecule has 1 unspecified atom stereocenters. The van der Waals surface area contributed by atoms with Gasteiger partial charge < -0.3 is 28.9 Å². The van der Waals surface area contributed by atoms with Gasteiger partial charge in [0.05, 0.1) is 18.8 Å². The summed E-state index contributed by atoms with van der Waals surface area (Å²) in [4.78, 5) is 0. The fraction of sp³-hybridized carbons (Fsp3) is 1.00. The molecule has 24 heavy (non-hydrogen) atoms. The highest BCUT2D eigenvalue weighted by Crippen LogP contribution is 2.29. The highest BCUT2D eigenvalue weighted by atomic mass is 28.4. The lowest BCUT2D eigenvalue weighted by atomic mass is 9.98. The highest BCUT2D eigenvalue weighted by Gasteiger charge is 2.48. The Hall–Kier alpha value is 0.411. The largest absolute Gasteiger partial charge is 0.415 e. The average molecular weight is 396 g/mol. The molecule has 0 spiro atoms. The molecule has 0 aromatic heterocycles. The summed E-state index contributed by atoms with van der Waals surface area (Å²) in [6.45, 7) is 19.5. The molecule has 0 aromatic rings. The van der Waals surface area contributed by atoms with E-state index in [0.717, 1.165) is 0 Å². The van der Waals surface area contributed by atoms with Crippen molar-refractivity contribution in [1.29, 1.82) is 0 Å². The van der Waals surface area contributed by atoms with E-state index in [2.05, 4.69) is 58.9 Å². The second kappa shape index (κ2) is 7.97. The molecule has 1 saturated heterocycles. The molecule has 0 bridgehead atoms. The van der Waals surface area contributed by atoms with Gasteiger partial charge in [-0.2, -0.15) is 0 Å². The third kappa shape index (κ3) is 7.75. The summed E-state index contributed by atoms with van der Waals surface area (Å²) in [6.07, 6.45) is -2.15. The number of ether oxygens (including phenoxy) is 1. The monoisotopic (exact) mass is 395 g/mol. The molecular formula is C15H37NO5Si3. The number of hydrogen-bond donors (Lipinski definition) is 2. The Morgan fingerprint density at radius 3 is 1.71 bits per heavy atom. The summed E-state index contributed by atoms with van der Waals surface area (Å²) in [5.41, 5.74) is 6.21. The van der Waals surface area contributed by atoms with Crippen LogP contribution >= 0.6 is 0 Å². The smallest absolute Gasteiger partial charge is 0.184 e. The van der Waals surface area contributed by atoms with Crippen molar-refractivity contribution in [2.45, 2.75) is 89.6 Å². The van der Waals surface area contributed by atoms with Crippen LogP contribution in [0.15, 0.2) is 0 Å². The molecule has 1 rings (SSSR count). The van der Waals surface area contributed by atoms with Crippen LogP contribution < -0.4 is 5.73 Å². The molecule has 0 aliphatic carbocycles. The Morgan fingerprint density at radius 1 is 0.833 bits per heavy atom. The first-order valence-electron chi connectivity index (χ1n) is 8.68. The fourth-order valence-electron chi connectivity index (χ4n) is 2.51. The van der Waals surface area contributed by atoms with Crippen LogP contribution in [0.3, 0.4) is 0 Å². The summed E-state index contributed by atoms with van der Waals surface area (Å²) in [5, 5.41) is 10.3. The lowest BCUT2D eigenvalue weighted by Gasteiger charge is -2.47. The Labute approximate surface area is 150 Å². The molecule has 0 saturated carbocycles. The van der Waals surface area contributed by atoms with Crippen LogP contribution in [-0.2, 0) is 18.0 Å². The van der Waals surface area contributed by atoms with Gasteiger partial charge in [0.15, 0.2) is 31.2 Å². The molecule has 0 radical (unpaired) electrons. The third-order valence-corrected chi connectivity index (χ3v) is 6.36. The van der Waals surface area contributed by atoms with E-state index in [4.69, 9.17) is 23.7 Å². The van der Waals surface area contributed by atoms with E-state index in [1.807, 2.05) is 0 Å². The summed E-state index contributed by atoms with van der Waals surface area (Å²) in [5.74, 6) is 0. The number of hydrogen-bond acceptors (Lipinski definition) is 6. The van der Waals surface area contributed by atoms with E-state index >= 15 is 0 Å². The maximum Gasteiger partial charge on any atom is 0.184 e. The van der Waals surface area contributed by atoms with Crippen molar-refractivity contribution >= 4 is 25.0 Å². The SMILES string of the molecule is C[Si](C)(C)OC[C@H]1OC(O)[C@H](N)[C@@H](O[Si](C)(C)C)[C@H]1O[Si](C)(C)C. The molecule has 6 nitrogen and oxygen atoms in total. The first-order chi connectivity index (χ1) is 10.6. The van der Waals surface area contributed by atoms with Crippen LogP contribution in [0.25, 0.3) is 0 Å². The van der Waals surface area contributed by atoms with Crippen LogP contribution in [0, 0.1) is 0 Å². The van der Waals surface area contributed by atoms with Crippen molar-refractivity contribution in [1.82, 2.24) is 0 Å². The Bertz CT molecular complexity index is 405. The second-order valence-electron chi connectivity index (χ2n) is 9.46. The van der Waals surface area contributed by atoms with Gasteiger partial charge in [0.1, 0.15) is 12.2 Å². The predicted molar refractivity (Wildman–Crippen MR) is 105 cm³/mol. The van der Waals surface area contributed by atoms with Crippen molar-refractivity contribution < 1.29 is 23.1 Å². The van der Waals surface area contributed by atoms with Gasteiger partial charge in [0.2, 0.25) is 0 Å². The lowest BCUT2D eigenvalue weighted by Crippen LogP contribution is -2.66. The zero-order chi connectivity index (χ0) is 18.9. The molecule has 1 heterocycles. The zero-order valence-corrected chi connectivity index (χ0v) is 19.8. The summed E-state index contributed by atoms with van der Waals surface area (Å²) >= 11 is 0. The number of rotatable bonds is 7. The molecule has 9 heteroatoms. The van der Waals surface area contributed by atoms with Crippen LogP contribution in [-0.4, -0.2) is 67.3 Å². The minimum atomic E-state index is -1.87. The summed E-state index contributed by atoms with van der Waals surface area (Å²) in [6, 6.07) is -0.624. The van der Waals surface area contributed by atoms with Gasteiger partial charge in [0.25, 0.3) is 0 Å². The second-order valence-corrected chi connectivity index (χ2v) is 22.9. The van der Waals surface area contributed by atoms with Crippen molar-refractivity contribution in [3.8, 4) is 0 Å². The summed E-state index contributed by atoms with van der Waals surface area (Å²) < 4.78 is 24.5. The standard InChI is InChI=1S/C15H37NO5Si3/c1-22(2,3)18-10-11-13(20-23(4,5)6)14(21-24(7,8)9)12(16)15(17)19-11/h11-15,17H,10,16H2,1-9H3/t11-,12-,13+,14-,15?/m1/s1. The van der Waals surface area contributed by atoms with Gasteiger partial charge >= 0.3 is 0 Å². The normalized spacial score (nSPS) is 32.9. The molecule has 1 fully saturated rings. The first-order valence-corrected chi connectivity index (χ1v) is 18.9. The predicted octanol–water partition coefficient (Wildman–Crippen LogP) is 2.32. The fourth-order valence-corrected chi connectivity index (χ4v) is 5.39. The Balaban J connectivity index is 3.05. The number of aliphatic hydroxyl groups is 1. The van der Waals surface area contributed by atoms with Crippen molar-refractivity contribution in [3.05, 3.63) is 0 Å². The van der Waals surface area contributed by atoms with Gasteiger partial charge in [-0.15, -0.1) is 0 Å². The maximum absolute atomic E-state index is 10.3. The molecule has 1 aliphatic rings. The van der Waals surface area contributed by atoms with E-state index in [-0.39, 0.29) is 18.3 Å². The van der Waals surface area contributed by atoms with Crippen LogP contribution in [0.2, 0.25) is 58.9 Å². The van der Waals surface area contributed by atoms with Gasteiger partial charge in [-0.1, -0.05) is 0 Å². The van der Waals surface area contributed by atoms with Crippen molar-refractivity contribution in [3.63, 3.8) is 0 Å². The van der Waals surface area contributed by atoms with Gasteiger partial charge in [-0.3, -0.25) is 0 Å². The quantitative estimate of drug-likeness (QED) is 0.644. The average Bonchev–Trinajstić information content (AvgIpc) is 2.32. The molecule has 1 aliphatic heterocycles. The number of nitrogens with two attached hydrogens (primary N) is 1. The summed E-state index contributed by atoms with van der Waals surface area (Å²) in [7, 11) is -5.43. The highest BCUT2D eigenvalue weighted by molar-refractivity contribution is 6.70. The van der Waals surface area contributed by atoms with E-state index < -0.39 is 37.3 Å². The van der Waals surface area contributed by atoms with Gasteiger partial charge in [0, 0.05) is 0 Å². The molecule has 5 atom stereocenters.